The lowest BCUT2D eigenvalue weighted by Crippen LogP contribution is -2.37. The molecule has 0 aliphatic carbocycles. The van der Waals surface area contributed by atoms with E-state index in [0.29, 0.717) is 16.9 Å². The summed E-state index contributed by atoms with van der Waals surface area (Å²) < 4.78 is 106. The van der Waals surface area contributed by atoms with Gasteiger partial charge in [-0.15, -0.1) is 0 Å². The molecule has 0 atom stereocenters. The van der Waals surface area contributed by atoms with Gasteiger partial charge in [-0.2, -0.15) is 40.2 Å². The van der Waals surface area contributed by atoms with Crippen LogP contribution in [-0.2, 0) is 18.3 Å². The monoisotopic (exact) mass is 500 g/mol. The number of pyridine rings is 1. The van der Waals surface area contributed by atoms with Crippen molar-refractivity contribution in [2.75, 3.05) is 6.54 Å². The second-order valence-corrected chi connectivity index (χ2v) is 6.71. The van der Waals surface area contributed by atoms with E-state index in [-0.39, 0.29) is 5.69 Å². The van der Waals surface area contributed by atoms with E-state index in [1.54, 1.807) is 5.32 Å². The third-order valence-electron chi connectivity index (χ3n) is 3.97. The van der Waals surface area contributed by atoms with Gasteiger partial charge in [-0.1, -0.05) is 11.6 Å². The van der Waals surface area contributed by atoms with E-state index in [9.17, 15) is 39.9 Å². The van der Waals surface area contributed by atoms with Crippen molar-refractivity contribution in [3.8, 4) is 5.69 Å². The molecule has 3 heterocycles. The number of aromatic nitrogens is 5. The van der Waals surface area contributed by atoms with Crippen molar-refractivity contribution in [2.45, 2.75) is 18.3 Å². The molecular weight excluding hydrogens is 492 g/mol. The minimum absolute atomic E-state index is 0.173. The average molecular weight is 501 g/mol. The maximum Gasteiger partial charge on any atom is 0.435 e. The van der Waals surface area contributed by atoms with Gasteiger partial charge in [-0.05, 0) is 12.1 Å². The van der Waals surface area contributed by atoms with E-state index in [1.807, 2.05) is 0 Å². The van der Waals surface area contributed by atoms with Crippen molar-refractivity contribution in [3.05, 3.63) is 64.7 Å². The van der Waals surface area contributed by atoms with Gasteiger partial charge in [-0.3, -0.25) is 9.78 Å². The van der Waals surface area contributed by atoms with Crippen molar-refractivity contribution >= 4 is 17.5 Å². The molecule has 0 aromatic carbocycles. The smallest absolute Gasteiger partial charge is 0.344 e. The maximum atomic E-state index is 14.5. The predicted molar refractivity (Wildman–Crippen MR) is 94.6 cm³/mol. The average Bonchev–Trinajstić information content (AvgIpc) is 3.22. The zero-order valence-corrected chi connectivity index (χ0v) is 16.5. The SMILES string of the molecule is O=C(NCC(F)(F)c1ncc(-n2ccc(C(F)(F)F)n2)cc1Cl)c1nccnc1C(F)(F)F. The van der Waals surface area contributed by atoms with Gasteiger partial charge >= 0.3 is 18.3 Å². The Morgan fingerprint density at radius 3 is 2.21 bits per heavy atom. The van der Waals surface area contributed by atoms with Crippen LogP contribution in [0.2, 0.25) is 5.02 Å². The molecule has 0 bridgehead atoms. The fourth-order valence-corrected chi connectivity index (χ4v) is 2.81. The summed E-state index contributed by atoms with van der Waals surface area (Å²) in [5.74, 6) is -5.54. The molecule has 3 aromatic rings. The molecular formula is C17H9ClF8N6O. The lowest BCUT2D eigenvalue weighted by molar-refractivity contribution is -0.142. The van der Waals surface area contributed by atoms with Crippen LogP contribution in [0.1, 0.15) is 27.6 Å². The highest BCUT2D eigenvalue weighted by molar-refractivity contribution is 6.31. The van der Waals surface area contributed by atoms with Crippen LogP contribution in [0.4, 0.5) is 35.1 Å². The van der Waals surface area contributed by atoms with Gasteiger partial charge in [0, 0.05) is 18.6 Å². The molecule has 1 amide bonds. The van der Waals surface area contributed by atoms with E-state index in [1.165, 1.54) is 0 Å². The van der Waals surface area contributed by atoms with Gasteiger partial charge in [0.1, 0.15) is 5.69 Å². The summed E-state index contributed by atoms with van der Waals surface area (Å²) in [6, 6.07) is 1.50. The Morgan fingerprint density at radius 1 is 0.970 bits per heavy atom. The summed E-state index contributed by atoms with van der Waals surface area (Å²) in [6.07, 6.45) is -6.66. The number of hydrogen-bond acceptors (Lipinski definition) is 5. The van der Waals surface area contributed by atoms with E-state index in [2.05, 4.69) is 20.1 Å². The number of rotatable bonds is 5. The molecule has 0 spiro atoms. The van der Waals surface area contributed by atoms with Crippen LogP contribution in [0.3, 0.4) is 0 Å². The van der Waals surface area contributed by atoms with E-state index in [0.717, 1.165) is 24.7 Å². The van der Waals surface area contributed by atoms with Crippen LogP contribution in [-0.4, -0.2) is 37.2 Å². The number of carbonyl (C=O) groups is 1. The molecule has 33 heavy (non-hydrogen) atoms. The highest BCUT2D eigenvalue weighted by Gasteiger charge is 2.40. The van der Waals surface area contributed by atoms with E-state index in [4.69, 9.17) is 11.6 Å². The van der Waals surface area contributed by atoms with Gasteiger partial charge in [0.2, 0.25) is 0 Å². The summed E-state index contributed by atoms with van der Waals surface area (Å²) in [5, 5.41) is 4.17. The van der Waals surface area contributed by atoms with Crippen LogP contribution >= 0.6 is 11.6 Å². The molecule has 3 rings (SSSR count). The van der Waals surface area contributed by atoms with Gasteiger partial charge in [0.05, 0.1) is 23.5 Å². The van der Waals surface area contributed by atoms with E-state index >= 15 is 0 Å². The van der Waals surface area contributed by atoms with Gasteiger partial charge < -0.3 is 5.32 Å². The standard InChI is InChI=1S/C17H9ClF8N6O/c18-9-5-8(32-4-1-10(31-32)16(21,22)23)6-29-12(9)15(19,20)7-30-14(33)11-13(17(24,25)26)28-3-2-27-11/h1-6H,7H2,(H,30,33). The maximum absolute atomic E-state index is 14.5. The Balaban J connectivity index is 1.78. The lowest BCUT2D eigenvalue weighted by Gasteiger charge is -2.18. The van der Waals surface area contributed by atoms with Gasteiger partial charge in [0.15, 0.2) is 17.1 Å². The first-order chi connectivity index (χ1) is 15.2. The van der Waals surface area contributed by atoms with E-state index < -0.39 is 58.5 Å². The molecule has 0 saturated carbocycles. The summed E-state index contributed by atoms with van der Waals surface area (Å²) in [6.45, 7) is -1.51. The van der Waals surface area contributed by atoms with Crippen molar-refractivity contribution < 1.29 is 39.9 Å². The fraction of sp³-hybridized carbons (Fsp3) is 0.235. The topological polar surface area (TPSA) is 85.6 Å². The number of halogens is 9. The molecule has 1 N–H and O–H groups in total. The molecule has 176 valence electrons. The molecule has 0 aliphatic rings. The number of alkyl halides is 8. The van der Waals surface area contributed by atoms with Crippen LogP contribution < -0.4 is 5.32 Å². The van der Waals surface area contributed by atoms with Crippen molar-refractivity contribution in [1.82, 2.24) is 30.0 Å². The zero-order valence-electron chi connectivity index (χ0n) is 15.7. The van der Waals surface area contributed by atoms with Crippen LogP contribution in [0, 0.1) is 0 Å². The van der Waals surface area contributed by atoms with Crippen LogP contribution in [0.15, 0.2) is 36.9 Å². The Morgan fingerprint density at radius 2 is 1.64 bits per heavy atom. The number of amides is 1. The Hall–Kier alpha value is -3.36. The molecule has 0 fully saturated rings. The normalized spacial score (nSPS) is 12.6. The summed E-state index contributed by atoms with van der Waals surface area (Å²) in [4.78, 5) is 21.6. The lowest BCUT2D eigenvalue weighted by atomic mass is 10.2. The molecule has 0 aliphatic heterocycles. The largest absolute Gasteiger partial charge is 0.435 e. The highest BCUT2D eigenvalue weighted by Crippen LogP contribution is 2.33. The molecule has 0 saturated heterocycles. The quantitative estimate of drug-likeness (QED) is 0.529. The van der Waals surface area contributed by atoms with Gasteiger partial charge in [0.25, 0.3) is 5.91 Å². The number of hydrogen-bond donors (Lipinski definition) is 1. The Kier molecular flexibility index (Phi) is 6.28. The number of nitrogens with one attached hydrogen (secondary N) is 1. The summed E-state index contributed by atoms with van der Waals surface area (Å²) in [7, 11) is 0. The van der Waals surface area contributed by atoms with Crippen LogP contribution in [0.5, 0.6) is 0 Å². The molecule has 3 aromatic heterocycles. The number of carbonyl (C=O) groups excluding carboxylic acids is 1. The summed E-state index contributed by atoms with van der Waals surface area (Å²) >= 11 is 5.79. The minimum atomic E-state index is -5.05. The van der Waals surface area contributed by atoms with Crippen LogP contribution in [0.25, 0.3) is 5.69 Å². The third kappa shape index (κ3) is 5.35. The zero-order chi connectivity index (χ0) is 24.6. The third-order valence-corrected chi connectivity index (χ3v) is 4.26. The highest BCUT2D eigenvalue weighted by atomic mass is 35.5. The minimum Gasteiger partial charge on any atom is -0.344 e. The van der Waals surface area contributed by atoms with Crippen molar-refractivity contribution in [2.24, 2.45) is 0 Å². The summed E-state index contributed by atoms with van der Waals surface area (Å²) in [5.41, 5.74) is -5.36. The first kappa shape index (κ1) is 24.3. The molecule has 16 heteroatoms. The molecule has 7 nitrogen and oxygen atoms in total. The second-order valence-electron chi connectivity index (χ2n) is 6.31. The first-order valence-corrected chi connectivity index (χ1v) is 8.91. The molecule has 0 radical (unpaired) electrons. The Labute approximate surface area is 183 Å². The Bertz CT molecular complexity index is 1180. The molecule has 0 unspecified atom stereocenters. The predicted octanol–water partition coefficient (Wildman–Crippen LogP) is 4.27. The first-order valence-electron chi connectivity index (χ1n) is 8.53. The fourth-order valence-electron chi connectivity index (χ4n) is 2.51. The van der Waals surface area contributed by atoms with Gasteiger partial charge in [-0.25, -0.2) is 14.6 Å². The van der Waals surface area contributed by atoms with Crippen molar-refractivity contribution in [3.63, 3.8) is 0 Å². The second kappa shape index (κ2) is 8.53. The van der Waals surface area contributed by atoms with Crippen molar-refractivity contribution in [1.29, 1.82) is 0 Å². The number of nitrogens with zero attached hydrogens (tertiary/aromatic N) is 5.